The van der Waals surface area contributed by atoms with E-state index in [1.165, 1.54) is 11.9 Å². The van der Waals surface area contributed by atoms with Gasteiger partial charge in [-0.3, -0.25) is 14.4 Å². The lowest BCUT2D eigenvalue weighted by molar-refractivity contribution is -0.151. The first-order chi connectivity index (χ1) is 13.2. The Balaban J connectivity index is 1.78. The first-order valence-corrected chi connectivity index (χ1v) is 9.07. The van der Waals surface area contributed by atoms with E-state index in [2.05, 4.69) is 5.32 Å². The molecule has 148 valence electrons. The van der Waals surface area contributed by atoms with Crippen molar-refractivity contribution in [3.63, 3.8) is 0 Å². The van der Waals surface area contributed by atoms with Gasteiger partial charge in [0, 0.05) is 12.7 Å². The second-order valence-electron chi connectivity index (χ2n) is 6.94. The van der Waals surface area contributed by atoms with Crippen LogP contribution in [0.25, 0.3) is 0 Å². The maximum atomic E-state index is 12.2. The average molecular weight is 382 g/mol. The van der Waals surface area contributed by atoms with Gasteiger partial charge in [0.05, 0.1) is 13.0 Å². The molecule has 2 rings (SSSR count). The highest BCUT2D eigenvalue weighted by Gasteiger charge is 2.16. The third-order valence-electron chi connectivity index (χ3n) is 4.30. The molecule has 0 radical (unpaired) electrons. The van der Waals surface area contributed by atoms with Crippen LogP contribution in [0, 0.1) is 20.8 Å². The number of benzene rings is 2. The van der Waals surface area contributed by atoms with Gasteiger partial charge in [0.15, 0.2) is 6.61 Å². The number of carbonyl (C=O) groups is 3. The van der Waals surface area contributed by atoms with Crippen molar-refractivity contribution in [2.75, 3.05) is 25.5 Å². The molecule has 0 spiro atoms. The third-order valence-corrected chi connectivity index (χ3v) is 4.30. The van der Waals surface area contributed by atoms with Crippen LogP contribution in [0.4, 0.5) is 5.69 Å². The van der Waals surface area contributed by atoms with Crippen molar-refractivity contribution in [1.82, 2.24) is 4.90 Å². The van der Waals surface area contributed by atoms with Crippen LogP contribution in [0.2, 0.25) is 0 Å². The summed E-state index contributed by atoms with van der Waals surface area (Å²) in [5.41, 5.74) is 4.62. The number of hydrogen-bond donors (Lipinski definition) is 1. The molecule has 0 aliphatic carbocycles. The van der Waals surface area contributed by atoms with E-state index in [4.69, 9.17) is 4.74 Å². The standard InChI is InChI=1S/C22H26N2O4/c1-15-6-9-18(10-7-15)12-22(27)28-14-21(26)24(4)13-20(25)23-19-11-16(2)5-8-17(19)3/h5-11H,12-14H2,1-4H3,(H,23,25). The molecule has 2 amide bonds. The van der Waals surface area contributed by atoms with Crippen LogP contribution in [0.1, 0.15) is 22.3 Å². The van der Waals surface area contributed by atoms with Crippen molar-refractivity contribution >= 4 is 23.5 Å². The minimum absolute atomic E-state index is 0.102. The summed E-state index contributed by atoms with van der Waals surface area (Å²) < 4.78 is 5.03. The number of likely N-dealkylation sites (N-methyl/N-ethyl adjacent to an activating group) is 1. The van der Waals surface area contributed by atoms with Gasteiger partial charge in [-0.2, -0.15) is 0 Å². The molecule has 0 bridgehead atoms. The minimum atomic E-state index is -0.481. The Kier molecular flexibility index (Phi) is 7.32. The lowest BCUT2D eigenvalue weighted by atomic mass is 10.1. The number of hydrogen-bond acceptors (Lipinski definition) is 4. The average Bonchev–Trinajstić information content (AvgIpc) is 2.64. The van der Waals surface area contributed by atoms with E-state index in [0.29, 0.717) is 0 Å². The van der Waals surface area contributed by atoms with Crippen LogP contribution in [-0.2, 0) is 25.5 Å². The molecule has 0 heterocycles. The molecule has 0 unspecified atom stereocenters. The van der Waals surface area contributed by atoms with Gasteiger partial charge in [-0.1, -0.05) is 42.0 Å². The summed E-state index contributed by atoms with van der Waals surface area (Å²) in [6, 6.07) is 13.3. The number of carbonyl (C=O) groups excluding carboxylic acids is 3. The van der Waals surface area contributed by atoms with E-state index in [1.54, 1.807) is 0 Å². The van der Waals surface area contributed by atoms with E-state index >= 15 is 0 Å². The second-order valence-corrected chi connectivity index (χ2v) is 6.94. The van der Waals surface area contributed by atoms with E-state index in [1.807, 2.05) is 63.2 Å². The summed E-state index contributed by atoms with van der Waals surface area (Å²) in [4.78, 5) is 37.4. The third kappa shape index (κ3) is 6.54. The molecule has 0 atom stereocenters. The fourth-order valence-electron chi connectivity index (χ4n) is 2.54. The van der Waals surface area contributed by atoms with Crippen molar-refractivity contribution in [2.45, 2.75) is 27.2 Å². The van der Waals surface area contributed by atoms with Gasteiger partial charge in [-0.05, 0) is 43.5 Å². The maximum absolute atomic E-state index is 12.2. The highest BCUT2D eigenvalue weighted by atomic mass is 16.5. The molecule has 28 heavy (non-hydrogen) atoms. The van der Waals surface area contributed by atoms with Crippen LogP contribution < -0.4 is 5.32 Å². The Labute approximate surface area is 165 Å². The molecule has 0 saturated carbocycles. The zero-order valence-electron chi connectivity index (χ0n) is 16.7. The van der Waals surface area contributed by atoms with Crippen molar-refractivity contribution in [2.24, 2.45) is 0 Å². The van der Waals surface area contributed by atoms with Crippen LogP contribution >= 0.6 is 0 Å². The van der Waals surface area contributed by atoms with Gasteiger partial charge >= 0.3 is 5.97 Å². The monoisotopic (exact) mass is 382 g/mol. The van der Waals surface area contributed by atoms with Gasteiger partial charge in [0.2, 0.25) is 5.91 Å². The Morgan fingerprint density at radius 2 is 1.61 bits per heavy atom. The van der Waals surface area contributed by atoms with Crippen LogP contribution in [-0.4, -0.2) is 42.9 Å². The molecule has 0 aliphatic heterocycles. The molecule has 0 aromatic heterocycles. The summed E-state index contributed by atoms with van der Waals surface area (Å²) in [7, 11) is 1.50. The zero-order chi connectivity index (χ0) is 20.7. The lowest BCUT2D eigenvalue weighted by Gasteiger charge is -2.17. The van der Waals surface area contributed by atoms with Gasteiger partial charge in [-0.25, -0.2) is 0 Å². The maximum Gasteiger partial charge on any atom is 0.310 e. The number of amides is 2. The Morgan fingerprint density at radius 1 is 0.964 bits per heavy atom. The molecule has 2 aromatic rings. The molecule has 1 N–H and O–H groups in total. The van der Waals surface area contributed by atoms with Crippen molar-refractivity contribution in [3.8, 4) is 0 Å². The first-order valence-electron chi connectivity index (χ1n) is 9.07. The highest BCUT2D eigenvalue weighted by molar-refractivity contribution is 5.95. The fourth-order valence-corrected chi connectivity index (χ4v) is 2.54. The van der Waals surface area contributed by atoms with Crippen LogP contribution in [0.15, 0.2) is 42.5 Å². The summed E-state index contributed by atoms with van der Waals surface area (Å²) >= 11 is 0. The summed E-state index contributed by atoms with van der Waals surface area (Å²) in [5, 5.41) is 2.80. The number of esters is 1. The van der Waals surface area contributed by atoms with Crippen LogP contribution in [0.5, 0.6) is 0 Å². The topological polar surface area (TPSA) is 75.7 Å². The van der Waals surface area contributed by atoms with Gasteiger partial charge in [-0.15, -0.1) is 0 Å². The number of anilines is 1. The van der Waals surface area contributed by atoms with Crippen molar-refractivity contribution in [3.05, 3.63) is 64.7 Å². The lowest BCUT2D eigenvalue weighted by Crippen LogP contribution is -2.37. The molecule has 0 fully saturated rings. The van der Waals surface area contributed by atoms with E-state index in [-0.39, 0.29) is 18.9 Å². The van der Waals surface area contributed by atoms with E-state index in [9.17, 15) is 14.4 Å². The minimum Gasteiger partial charge on any atom is -0.455 e. The number of ether oxygens (including phenoxy) is 1. The smallest absolute Gasteiger partial charge is 0.310 e. The molecular weight excluding hydrogens is 356 g/mol. The number of nitrogens with one attached hydrogen (secondary N) is 1. The SMILES string of the molecule is Cc1ccc(CC(=O)OCC(=O)N(C)CC(=O)Nc2cc(C)ccc2C)cc1. The fraction of sp³-hybridized carbons (Fsp3) is 0.318. The largest absolute Gasteiger partial charge is 0.455 e. The quantitative estimate of drug-likeness (QED) is 0.747. The first kappa shape index (κ1) is 21.2. The summed E-state index contributed by atoms with van der Waals surface area (Å²) in [6.07, 6.45) is 0.102. The summed E-state index contributed by atoms with van der Waals surface area (Å²) in [5.74, 6) is -1.23. The molecule has 0 saturated heterocycles. The predicted octanol–water partition coefficient (Wildman–Crippen LogP) is 2.79. The summed E-state index contributed by atoms with van der Waals surface area (Å²) in [6.45, 7) is 5.29. The van der Waals surface area contributed by atoms with Gasteiger partial charge < -0.3 is 15.0 Å². The number of aryl methyl sites for hydroxylation is 3. The van der Waals surface area contributed by atoms with E-state index < -0.39 is 18.5 Å². The molecule has 0 aliphatic rings. The van der Waals surface area contributed by atoms with Crippen molar-refractivity contribution < 1.29 is 19.1 Å². The number of nitrogens with zero attached hydrogens (tertiary/aromatic N) is 1. The zero-order valence-corrected chi connectivity index (χ0v) is 16.7. The number of rotatable bonds is 7. The molecule has 6 heteroatoms. The molecule has 6 nitrogen and oxygen atoms in total. The Hall–Kier alpha value is -3.15. The van der Waals surface area contributed by atoms with Gasteiger partial charge in [0.1, 0.15) is 0 Å². The molecular formula is C22H26N2O4. The van der Waals surface area contributed by atoms with Gasteiger partial charge in [0.25, 0.3) is 5.91 Å². The molecule has 2 aromatic carbocycles. The Bertz CT molecular complexity index is 859. The normalized spacial score (nSPS) is 10.3. The van der Waals surface area contributed by atoms with Crippen LogP contribution in [0.3, 0.4) is 0 Å². The second kappa shape index (κ2) is 9.69. The highest BCUT2D eigenvalue weighted by Crippen LogP contribution is 2.16. The predicted molar refractivity (Wildman–Crippen MR) is 108 cm³/mol. The van der Waals surface area contributed by atoms with Crippen molar-refractivity contribution in [1.29, 1.82) is 0 Å². The van der Waals surface area contributed by atoms with E-state index in [0.717, 1.165) is 27.9 Å². The Morgan fingerprint density at radius 3 is 2.29 bits per heavy atom.